The van der Waals surface area contributed by atoms with Gasteiger partial charge in [-0.3, -0.25) is 0 Å². The van der Waals surface area contributed by atoms with Crippen molar-refractivity contribution in [2.45, 2.75) is 33.3 Å². The molecule has 5 heteroatoms. The first kappa shape index (κ1) is 15.1. The van der Waals surface area contributed by atoms with Crippen LogP contribution in [0, 0.1) is 6.92 Å². The van der Waals surface area contributed by atoms with E-state index in [-0.39, 0.29) is 0 Å². The Balaban J connectivity index is 2.11. The lowest BCUT2D eigenvalue weighted by Gasteiger charge is -2.11. The van der Waals surface area contributed by atoms with Gasteiger partial charge in [-0.15, -0.1) is 0 Å². The Morgan fingerprint density at radius 3 is 2.48 bits per heavy atom. The first-order valence-corrected chi connectivity index (χ1v) is 7.02. The largest absolute Gasteiger partial charge is 0.497 e. The molecule has 0 fully saturated rings. The molecule has 2 aromatic rings. The third-order valence-electron chi connectivity index (χ3n) is 3.19. The molecule has 0 amide bonds. The van der Waals surface area contributed by atoms with Crippen LogP contribution >= 0.6 is 0 Å². The van der Waals surface area contributed by atoms with Gasteiger partial charge in [0.15, 0.2) is 0 Å². The van der Waals surface area contributed by atoms with Crippen molar-refractivity contribution < 1.29 is 9.47 Å². The third kappa shape index (κ3) is 3.84. The van der Waals surface area contributed by atoms with Crippen LogP contribution < -0.4 is 15.2 Å². The van der Waals surface area contributed by atoms with Gasteiger partial charge in [0.1, 0.15) is 24.0 Å². The molecule has 0 spiro atoms. The lowest BCUT2D eigenvalue weighted by molar-refractivity contribution is 0.290. The number of rotatable bonds is 6. The number of anilines is 1. The van der Waals surface area contributed by atoms with Crippen LogP contribution in [0.3, 0.4) is 0 Å². The summed E-state index contributed by atoms with van der Waals surface area (Å²) in [5.41, 5.74) is 7.74. The van der Waals surface area contributed by atoms with E-state index in [1.807, 2.05) is 31.2 Å². The lowest BCUT2D eigenvalue weighted by Crippen LogP contribution is -2.07. The average molecular weight is 287 g/mol. The van der Waals surface area contributed by atoms with Gasteiger partial charge in [0, 0.05) is 6.42 Å². The highest BCUT2D eigenvalue weighted by Gasteiger charge is 2.10. The maximum atomic E-state index is 5.91. The van der Waals surface area contributed by atoms with Gasteiger partial charge in [0.25, 0.3) is 0 Å². The fourth-order valence-electron chi connectivity index (χ4n) is 1.91. The lowest BCUT2D eigenvalue weighted by atomic mass is 10.2. The molecule has 0 aliphatic carbocycles. The van der Waals surface area contributed by atoms with Gasteiger partial charge < -0.3 is 15.2 Å². The second-order valence-corrected chi connectivity index (χ2v) is 4.84. The number of methoxy groups -OCH3 is 1. The van der Waals surface area contributed by atoms with Gasteiger partial charge in [-0.05, 0) is 31.0 Å². The number of nitrogens with zero attached hydrogens (tertiary/aromatic N) is 2. The summed E-state index contributed by atoms with van der Waals surface area (Å²) in [5, 5.41) is 0. The summed E-state index contributed by atoms with van der Waals surface area (Å²) in [4.78, 5) is 8.70. The molecule has 1 heterocycles. The van der Waals surface area contributed by atoms with Crippen LogP contribution in [0.5, 0.6) is 11.6 Å². The minimum Gasteiger partial charge on any atom is -0.497 e. The summed E-state index contributed by atoms with van der Waals surface area (Å²) in [6, 6.07) is 7.74. The van der Waals surface area contributed by atoms with E-state index >= 15 is 0 Å². The van der Waals surface area contributed by atoms with Crippen LogP contribution in [0.25, 0.3) is 0 Å². The maximum Gasteiger partial charge on any atom is 0.222 e. The van der Waals surface area contributed by atoms with Crippen molar-refractivity contribution in [2.75, 3.05) is 12.8 Å². The quantitative estimate of drug-likeness (QED) is 0.884. The Labute approximate surface area is 125 Å². The highest BCUT2D eigenvalue weighted by molar-refractivity contribution is 5.44. The second kappa shape index (κ2) is 6.92. The van der Waals surface area contributed by atoms with E-state index in [0.717, 1.165) is 35.5 Å². The van der Waals surface area contributed by atoms with E-state index in [1.165, 1.54) is 0 Å². The zero-order valence-electron chi connectivity index (χ0n) is 12.7. The van der Waals surface area contributed by atoms with Crippen LogP contribution in [0.1, 0.15) is 30.3 Å². The molecule has 0 atom stereocenters. The van der Waals surface area contributed by atoms with Crippen LogP contribution in [0.4, 0.5) is 5.82 Å². The number of aromatic nitrogens is 2. The Kier molecular flexibility index (Phi) is 4.98. The van der Waals surface area contributed by atoms with E-state index in [4.69, 9.17) is 15.2 Å². The van der Waals surface area contributed by atoms with Crippen molar-refractivity contribution in [2.24, 2.45) is 0 Å². The summed E-state index contributed by atoms with van der Waals surface area (Å²) in [7, 11) is 1.65. The Morgan fingerprint density at radius 1 is 1.14 bits per heavy atom. The summed E-state index contributed by atoms with van der Waals surface area (Å²) in [6.07, 6.45) is 1.77. The molecular formula is C16H21N3O2. The minimum atomic E-state index is 0.437. The van der Waals surface area contributed by atoms with Crippen LogP contribution in [0.15, 0.2) is 24.3 Å². The van der Waals surface area contributed by atoms with Gasteiger partial charge in [-0.25, -0.2) is 4.98 Å². The van der Waals surface area contributed by atoms with E-state index in [2.05, 4.69) is 16.9 Å². The topological polar surface area (TPSA) is 70.3 Å². The van der Waals surface area contributed by atoms with E-state index in [0.29, 0.717) is 18.3 Å². The fraction of sp³-hybridized carbons (Fsp3) is 0.375. The molecule has 1 aromatic carbocycles. The third-order valence-corrected chi connectivity index (χ3v) is 3.19. The first-order chi connectivity index (χ1) is 10.1. The highest BCUT2D eigenvalue weighted by atomic mass is 16.5. The highest BCUT2D eigenvalue weighted by Crippen LogP contribution is 2.21. The molecule has 0 aliphatic heterocycles. The molecule has 21 heavy (non-hydrogen) atoms. The summed E-state index contributed by atoms with van der Waals surface area (Å²) in [5.74, 6) is 2.59. The van der Waals surface area contributed by atoms with E-state index in [9.17, 15) is 0 Å². The Morgan fingerprint density at radius 2 is 1.86 bits per heavy atom. The second-order valence-electron chi connectivity index (χ2n) is 4.84. The van der Waals surface area contributed by atoms with Crippen molar-refractivity contribution in [1.82, 2.24) is 9.97 Å². The predicted molar refractivity (Wildman–Crippen MR) is 82.5 cm³/mol. The number of nitrogen functional groups attached to an aromatic ring is 1. The minimum absolute atomic E-state index is 0.437. The first-order valence-electron chi connectivity index (χ1n) is 7.02. The molecule has 0 aliphatic rings. The summed E-state index contributed by atoms with van der Waals surface area (Å²) >= 11 is 0. The maximum absolute atomic E-state index is 5.91. The zero-order chi connectivity index (χ0) is 15.2. The molecule has 1 aromatic heterocycles. The Bertz CT molecular complexity index is 597. The summed E-state index contributed by atoms with van der Waals surface area (Å²) in [6.45, 7) is 4.39. The van der Waals surface area contributed by atoms with Crippen molar-refractivity contribution in [3.63, 3.8) is 0 Å². The predicted octanol–water partition coefficient (Wildman–Crippen LogP) is 2.91. The molecule has 0 saturated heterocycles. The number of aryl methyl sites for hydroxylation is 1. The number of hydrogen-bond acceptors (Lipinski definition) is 5. The van der Waals surface area contributed by atoms with Gasteiger partial charge in [0.05, 0.1) is 12.7 Å². The van der Waals surface area contributed by atoms with Crippen molar-refractivity contribution in [3.8, 4) is 11.6 Å². The molecule has 0 unspecified atom stereocenters. The van der Waals surface area contributed by atoms with Crippen molar-refractivity contribution in [1.29, 1.82) is 0 Å². The molecular weight excluding hydrogens is 266 g/mol. The van der Waals surface area contributed by atoms with E-state index < -0.39 is 0 Å². The fourth-order valence-corrected chi connectivity index (χ4v) is 1.91. The number of ether oxygens (including phenoxy) is 2. The number of hydrogen-bond donors (Lipinski definition) is 1. The monoisotopic (exact) mass is 287 g/mol. The molecule has 0 bridgehead atoms. The SMILES string of the molecule is CCCc1nc(N)c(C)c(OCc2ccc(OC)cc2)n1. The van der Waals surface area contributed by atoms with Gasteiger partial charge in [0.2, 0.25) is 5.88 Å². The molecule has 5 nitrogen and oxygen atoms in total. The molecule has 112 valence electrons. The smallest absolute Gasteiger partial charge is 0.222 e. The molecule has 0 radical (unpaired) electrons. The number of benzene rings is 1. The van der Waals surface area contributed by atoms with Crippen molar-refractivity contribution >= 4 is 5.82 Å². The van der Waals surface area contributed by atoms with E-state index in [1.54, 1.807) is 7.11 Å². The molecule has 2 rings (SSSR count). The zero-order valence-corrected chi connectivity index (χ0v) is 12.7. The average Bonchev–Trinajstić information content (AvgIpc) is 2.50. The van der Waals surface area contributed by atoms with Crippen LogP contribution in [-0.2, 0) is 13.0 Å². The van der Waals surface area contributed by atoms with Gasteiger partial charge in [-0.1, -0.05) is 19.1 Å². The Hall–Kier alpha value is -2.30. The normalized spacial score (nSPS) is 10.4. The van der Waals surface area contributed by atoms with Crippen LogP contribution in [-0.4, -0.2) is 17.1 Å². The molecule has 2 N–H and O–H groups in total. The van der Waals surface area contributed by atoms with Gasteiger partial charge >= 0.3 is 0 Å². The molecule has 0 saturated carbocycles. The van der Waals surface area contributed by atoms with Crippen LogP contribution in [0.2, 0.25) is 0 Å². The number of nitrogens with two attached hydrogens (primary N) is 1. The standard InChI is InChI=1S/C16H21N3O2/c1-4-5-14-18-15(17)11(2)16(19-14)21-10-12-6-8-13(20-3)9-7-12/h6-9H,4-5,10H2,1-3H3,(H2,17,18,19). The van der Waals surface area contributed by atoms with Crippen molar-refractivity contribution in [3.05, 3.63) is 41.2 Å². The summed E-state index contributed by atoms with van der Waals surface area (Å²) < 4.78 is 10.9. The van der Waals surface area contributed by atoms with Gasteiger partial charge in [-0.2, -0.15) is 4.98 Å².